The monoisotopic (exact) mass is 234 g/mol. The summed E-state index contributed by atoms with van der Waals surface area (Å²) in [5, 5.41) is 22.6. The lowest BCUT2D eigenvalue weighted by molar-refractivity contribution is -0.155. The van der Waals surface area contributed by atoms with E-state index < -0.39 is 17.6 Å². The summed E-state index contributed by atoms with van der Waals surface area (Å²) in [4.78, 5) is 21.7. The Hall–Kier alpha value is -1.34. The van der Waals surface area contributed by atoms with Gasteiger partial charge in [-0.3, -0.25) is 0 Å². The molecule has 0 saturated carbocycles. The van der Waals surface area contributed by atoms with E-state index >= 15 is 0 Å². The molecule has 94 valence electrons. The predicted octanol–water partition coefficient (Wildman–Crippen LogP) is -0.844. The van der Waals surface area contributed by atoms with Crippen LogP contribution in [0.25, 0.3) is 0 Å². The van der Waals surface area contributed by atoms with Crippen molar-refractivity contribution < 1.29 is 24.5 Å². The van der Waals surface area contributed by atoms with Crippen molar-refractivity contribution in [3.63, 3.8) is 0 Å². The number of carbonyl (C=O) groups is 2. The van der Waals surface area contributed by atoms with Crippen LogP contribution in [0.15, 0.2) is 0 Å². The van der Waals surface area contributed by atoms with Crippen molar-refractivity contribution in [3.05, 3.63) is 0 Å². The Kier molecular flexibility index (Phi) is 5.76. The number of hydrogen-bond acceptors (Lipinski definition) is 4. The quantitative estimate of drug-likeness (QED) is 0.479. The molecule has 0 aliphatic rings. The number of aliphatic hydroxyl groups is 1. The fourth-order valence-corrected chi connectivity index (χ4v) is 0.710. The highest BCUT2D eigenvalue weighted by Gasteiger charge is 2.30. The van der Waals surface area contributed by atoms with E-state index in [9.17, 15) is 14.7 Å². The molecule has 0 fully saturated rings. The molecule has 0 saturated heterocycles. The zero-order chi connectivity index (χ0) is 12.8. The van der Waals surface area contributed by atoms with Gasteiger partial charge in [-0.05, 0) is 13.8 Å². The lowest BCUT2D eigenvalue weighted by Crippen LogP contribution is -2.49. The van der Waals surface area contributed by atoms with Crippen LogP contribution in [-0.4, -0.2) is 54.1 Å². The lowest BCUT2D eigenvalue weighted by Gasteiger charge is -2.19. The van der Waals surface area contributed by atoms with Crippen molar-refractivity contribution in [3.8, 4) is 0 Å². The first-order chi connectivity index (χ1) is 7.29. The van der Waals surface area contributed by atoms with Crippen molar-refractivity contribution in [1.29, 1.82) is 0 Å². The first kappa shape index (κ1) is 14.7. The Labute approximate surface area is 93.8 Å². The van der Waals surface area contributed by atoms with E-state index in [2.05, 4.69) is 10.6 Å². The Balaban J connectivity index is 3.86. The van der Waals surface area contributed by atoms with Crippen molar-refractivity contribution in [2.75, 3.05) is 20.2 Å². The maximum absolute atomic E-state index is 11.2. The highest BCUT2D eigenvalue weighted by molar-refractivity contribution is 5.79. The lowest BCUT2D eigenvalue weighted by atomic mass is 10.1. The molecule has 0 aliphatic heterocycles. The maximum atomic E-state index is 11.2. The fraction of sp³-hybridized carbons (Fsp3) is 0.778. The predicted molar refractivity (Wildman–Crippen MR) is 56.1 cm³/mol. The SMILES string of the molecule is COC(C)CNC(=O)NCC(C)(O)C(=O)O. The molecule has 7 heteroatoms. The molecule has 2 unspecified atom stereocenters. The second kappa shape index (κ2) is 6.29. The average molecular weight is 234 g/mol. The van der Waals surface area contributed by atoms with Gasteiger partial charge in [0.05, 0.1) is 12.6 Å². The van der Waals surface area contributed by atoms with Crippen LogP contribution >= 0.6 is 0 Å². The van der Waals surface area contributed by atoms with Gasteiger partial charge in [0.15, 0.2) is 5.60 Å². The molecule has 2 atom stereocenters. The molecule has 0 bridgehead atoms. The summed E-state index contributed by atoms with van der Waals surface area (Å²) in [5.74, 6) is -1.39. The van der Waals surface area contributed by atoms with Crippen LogP contribution in [0.5, 0.6) is 0 Å². The largest absolute Gasteiger partial charge is 0.479 e. The summed E-state index contributed by atoms with van der Waals surface area (Å²) < 4.78 is 4.90. The van der Waals surface area contributed by atoms with E-state index in [0.717, 1.165) is 6.92 Å². The fourth-order valence-electron chi connectivity index (χ4n) is 0.710. The first-order valence-electron chi connectivity index (χ1n) is 4.80. The van der Waals surface area contributed by atoms with Gasteiger partial charge >= 0.3 is 12.0 Å². The van der Waals surface area contributed by atoms with Crippen LogP contribution in [0.2, 0.25) is 0 Å². The summed E-state index contributed by atoms with van der Waals surface area (Å²) in [5.41, 5.74) is -1.97. The van der Waals surface area contributed by atoms with Gasteiger partial charge < -0.3 is 25.6 Å². The van der Waals surface area contributed by atoms with E-state index in [1.54, 1.807) is 6.92 Å². The van der Waals surface area contributed by atoms with Crippen LogP contribution in [0.1, 0.15) is 13.8 Å². The Bertz CT molecular complexity index is 254. The van der Waals surface area contributed by atoms with Gasteiger partial charge in [-0.2, -0.15) is 0 Å². The topological polar surface area (TPSA) is 108 Å². The third-order valence-corrected chi connectivity index (χ3v) is 2.01. The number of amides is 2. The molecule has 0 heterocycles. The second-order valence-corrected chi connectivity index (χ2v) is 3.69. The van der Waals surface area contributed by atoms with E-state index in [0.29, 0.717) is 6.54 Å². The molecule has 0 aromatic heterocycles. The third-order valence-electron chi connectivity index (χ3n) is 2.01. The molecule has 16 heavy (non-hydrogen) atoms. The molecule has 0 spiro atoms. The number of methoxy groups -OCH3 is 1. The summed E-state index contributed by atoms with van der Waals surface area (Å²) in [7, 11) is 1.51. The number of aliphatic carboxylic acids is 1. The van der Waals surface area contributed by atoms with Crippen molar-refractivity contribution >= 4 is 12.0 Å². The highest BCUT2D eigenvalue weighted by Crippen LogP contribution is 2.00. The molecule has 0 aliphatic carbocycles. The smallest absolute Gasteiger partial charge is 0.337 e. The number of carbonyl (C=O) groups excluding carboxylic acids is 1. The van der Waals surface area contributed by atoms with E-state index in [1.807, 2.05) is 0 Å². The van der Waals surface area contributed by atoms with Crippen molar-refractivity contribution in [2.24, 2.45) is 0 Å². The van der Waals surface area contributed by atoms with Gasteiger partial charge in [-0.25, -0.2) is 9.59 Å². The summed E-state index contributed by atoms with van der Waals surface area (Å²) in [6.45, 7) is 2.81. The molecule has 0 radical (unpaired) electrons. The summed E-state index contributed by atoms with van der Waals surface area (Å²) in [6.07, 6.45) is -0.134. The normalized spacial score (nSPS) is 16.0. The molecule has 0 aromatic rings. The molecular formula is C9H18N2O5. The van der Waals surface area contributed by atoms with E-state index in [1.165, 1.54) is 7.11 Å². The number of ether oxygens (including phenoxy) is 1. The highest BCUT2D eigenvalue weighted by atomic mass is 16.5. The standard InChI is InChI=1S/C9H18N2O5/c1-6(16-3)4-10-8(14)11-5-9(2,15)7(12)13/h6,15H,4-5H2,1-3H3,(H,12,13)(H2,10,11,14). The molecule has 2 amide bonds. The number of hydrogen-bond donors (Lipinski definition) is 4. The zero-order valence-corrected chi connectivity index (χ0v) is 9.61. The van der Waals surface area contributed by atoms with Gasteiger partial charge in [0.1, 0.15) is 0 Å². The number of nitrogens with one attached hydrogen (secondary N) is 2. The third kappa shape index (κ3) is 5.52. The number of urea groups is 1. The van der Waals surface area contributed by atoms with Crippen LogP contribution in [0.4, 0.5) is 4.79 Å². The van der Waals surface area contributed by atoms with Crippen LogP contribution in [0.3, 0.4) is 0 Å². The van der Waals surface area contributed by atoms with Crippen molar-refractivity contribution in [1.82, 2.24) is 10.6 Å². The average Bonchev–Trinajstić information content (AvgIpc) is 2.22. The van der Waals surface area contributed by atoms with Crippen LogP contribution in [0, 0.1) is 0 Å². The Morgan fingerprint density at radius 2 is 2.00 bits per heavy atom. The Morgan fingerprint density at radius 3 is 2.44 bits per heavy atom. The summed E-state index contributed by atoms with van der Waals surface area (Å²) in [6, 6.07) is -0.551. The van der Waals surface area contributed by atoms with Gasteiger partial charge in [-0.15, -0.1) is 0 Å². The molecule has 4 N–H and O–H groups in total. The number of carboxylic acid groups (broad SMARTS) is 1. The minimum atomic E-state index is -1.97. The number of rotatable bonds is 6. The summed E-state index contributed by atoms with van der Waals surface area (Å²) >= 11 is 0. The zero-order valence-electron chi connectivity index (χ0n) is 9.61. The molecule has 7 nitrogen and oxygen atoms in total. The van der Waals surface area contributed by atoms with E-state index in [4.69, 9.17) is 9.84 Å². The van der Waals surface area contributed by atoms with E-state index in [-0.39, 0.29) is 12.6 Å². The van der Waals surface area contributed by atoms with Crippen LogP contribution < -0.4 is 10.6 Å². The Morgan fingerprint density at radius 1 is 1.44 bits per heavy atom. The van der Waals surface area contributed by atoms with Crippen molar-refractivity contribution in [2.45, 2.75) is 25.6 Å². The van der Waals surface area contributed by atoms with Gasteiger partial charge in [-0.1, -0.05) is 0 Å². The van der Waals surface area contributed by atoms with Gasteiger partial charge in [0, 0.05) is 13.7 Å². The number of carboxylic acids is 1. The van der Waals surface area contributed by atoms with Gasteiger partial charge in [0.25, 0.3) is 0 Å². The molecule has 0 rings (SSSR count). The molecule has 0 aromatic carbocycles. The first-order valence-corrected chi connectivity index (χ1v) is 4.80. The maximum Gasteiger partial charge on any atom is 0.337 e. The second-order valence-electron chi connectivity index (χ2n) is 3.69. The minimum Gasteiger partial charge on any atom is -0.479 e. The van der Waals surface area contributed by atoms with Crippen LogP contribution in [-0.2, 0) is 9.53 Å². The van der Waals surface area contributed by atoms with Gasteiger partial charge in [0.2, 0.25) is 0 Å². The minimum absolute atomic E-state index is 0.134. The molecular weight excluding hydrogens is 216 g/mol.